The first-order valence-electron chi connectivity index (χ1n) is 9.21. The first-order valence-corrected chi connectivity index (χ1v) is 11.9. The molecule has 0 saturated carbocycles. The van der Waals surface area contributed by atoms with E-state index < -0.39 is 9.84 Å². The number of halogens is 1. The monoisotopic (exact) mass is 467 g/mol. The molecule has 3 rings (SSSR count). The summed E-state index contributed by atoms with van der Waals surface area (Å²) in [6.45, 7) is 5.25. The van der Waals surface area contributed by atoms with Crippen LogP contribution in [0.3, 0.4) is 0 Å². The van der Waals surface area contributed by atoms with Crippen LogP contribution in [0, 0.1) is 13.8 Å². The van der Waals surface area contributed by atoms with Crippen molar-refractivity contribution in [1.29, 1.82) is 0 Å². The van der Waals surface area contributed by atoms with E-state index in [9.17, 15) is 13.2 Å². The van der Waals surface area contributed by atoms with E-state index in [1.165, 1.54) is 23.5 Å². The Labute approximate surface area is 187 Å². The number of aryl methyl sites for hydroxylation is 2. The molecule has 1 amide bonds. The second kappa shape index (κ2) is 9.43. The predicted octanol–water partition coefficient (Wildman–Crippen LogP) is 3.95. The van der Waals surface area contributed by atoms with Gasteiger partial charge in [0.1, 0.15) is 0 Å². The zero-order valence-electron chi connectivity index (χ0n) is 17.7. The summed E-state index contributed by atoms with van der Waals surface area (Å²) in [5.41, 5.74) is 3.63. The molecule has 0 aliphatic heterocycles. The Morgan fingerprint density at radius 3 is 2.23 bits per heavy atom. The van der Waals surface area contributed by atoms with Crippen LogP contribution in [0.1, 0.15) is 21.5 Å². The van der Waals surface area contributed by atoms with E-state index in [1.807, 2.05) is 38.9 Å². The Kier molecular flexibility index (Phi) is 7.63. The lowest BCUT2D eigenvalue weighted by Crippen LogP contribution is -2.36. The Balaban J connectivity index is 0.00000320. The van der Waals surface area contributed by atoms with Crippen LogP contribution < -0.4 is 4.90 Å². The number of sulfone groups is 1. The first-order chi connectivity index (χ1) is 13.6. The van der Waals surface area contributed by atoms with Gasteiger partial charge in [0.2, 0.25) is 0 Å². The van der Waals surface area contributed by atoms with Gasteiger partial charge in [0.05, 0.1) is 15.1 Å². The summed E-state index contributed by atoms with van der Waals surface area (Å²) in [5.74, 6) is -0.194. The van der Waals surface area contributed by atoms with Crippen molar-refractivity contribution in [2.45, 2.75) is 18.7 Å². The second-order valence-electron chi connectivity index (χ2n) is 7.41. The molecule has 0 N–H and O–H groups in total. The maximum Gasteiger partial charge on any atom is 0.260 e. The molecule has 0 atom stereocenters. The number of nitrogens with zero attached hydrogens (tertiary/aromatic N) is 3. The fourth-order valence-electron chi connectivity index (χ4n) is 2.91. The van der Waals surface area contributed by atoms with Crippen molar-refractivity contribution in [3.63, 3.8) is 0 Å². The van der Waals surface area contributed by atoms with E-state index in [0.29, 0.717) is 23.8 Å². The number of carbonyl (C=O) groups excluding carboxylic acids is 1. The van der Waals surface area contributed by atoms with Crippen molar-refractivity contribution < 1.29 is 13.2 Å². The van der Waals surface area contributed by atoms with Crippen LogP contribution in [0.5, 0.6) is 0 Å². The molecule has 2 aromatic carbocycles. The van der Waals surface area contributed by atoms with Crippen molar-refractivity contribution in [3.8, 4) is 0 Å². The quantitative estimate of drug-likeness (QED) is 0.549. The van der Waals surface area contributed by atoms with E-state index in [1.54, 1.807) is 17.0 Å². The van der Waals surface area contributed by atoms with Crippen LogP contribution in [-0.2, 0) is 9.84 Å². The summed E-state index contributed by atoms with van der Waals surface area (Å²) in [7, 11) is 0.600. The maximum atomic E-state index is 13.3. The highest BCUT2D eigenvalue weighted by Gasteiger charge is 2.22. The molecule has 1 heterocycles. The van der Waals surface area contributed by atoms with Gasteiger partial charge in [-0.15, -0.1) is 12.4 Å². The number of thiazole rings is 1. The maximum absolute atomic E-state index is 13.3. The van der Waals surface area contributed by atoms with Gasteiger partial charge in [0, 0.05) is 24.9 Å². The summed E-state index contributed by atoms with van der Waals surface area (Å²) in [6, 6.07) is 10.2. The predicted molar refractivity (Wildman–Crippen MR) is 126 cm³/mol. The number of hydrogen-bond acceptors (Lipinski definition) is 6. The fourth-order valence-corrected chi connectivity index (χ4v) is 4.59. The molecule has 9 heteroatoms. The highest BCUT2D eigenvalue weighted by atomic mass is 35.5. The number of aromatic nitrogens is 1. The number of hydrogen-bond donors (Lipinski definition) is 0. The molecule has 3 aromatic rings. The van der Waals surface area contributed by atoms with Crippen LogP contribution in [-0.4, -0.2) is 57.6 Å². The number of amides is 1. The molecule has 6 nitrogen and oxygen atoms in total. The highest BCUT2D eigenvalue weighted by molar-refractivity contribution is 7.90. The van der Waals surface area contributed by atoms with Gasteiger partial charge in [-0.1, -0.05) is 17.4 Å². The minimum Gasteiger partial charge on any atom is -0.308 e. The third-order valence-corrected chi connectivity index (χ3v) is 7.02. The molecule has 0 radical (unpaired) electrons. The SMILES string of the molecule is Cc1ccc2sc(N(CCN(C)C)C(=O)c3ccc(S(C)(=O)=O)cc3)nc2c1C.Cl. The third kappa shape index (κ3) is 5.18. The summed E-state index contributed by atoms with van der Waals surface area (Å²) in [6.07, 6.45) is 1.15. The molecule has 0 aliphatic rings. The van der Waals surface area contributed by atoms with E-state index >= 15 is 0 Å². The number of likely N-dealkylation sites (N-methyl/N-ethyl adjacent to an activating group) is 1. The van der Waals surface area contributed by atoms with Gasteiger partial charge in [0.25, 0.3) is 5.91 Å². The van der Waals surface area contributed by atoms with Crippen molar-refractivity contribution in [1.82, 2.24) is 9.88 Å². The molecule has 0 spiro atoms. The van der Waals surface area contributed by atoms with Crippen LogP contribution in [0.2, 0.25) is 0 Å². The Hall–Kier alpha value is -2.00. The van der Waals surface area contributed by atoms with Gasteiger partial charge in [0.15, 0.2) is 15.0 Å². The summed E-state index contributed by atoms with van der Waals surface area (Å²) in [5, 5.41) is 0.646. The molecule has 0 saturated heterocycles. The first kappa shape index (κ1) is 24.3. The Morgan fingerprint density at radius 2 is 1.67 bits per heavy atom. The zero-order chi connectivity index (χ0) is 21.3. The molecular weight excluding hydrogens is 442 g/mol. The topological polar surface area (TPSA) is 70.6 Å². The van der Waals surface area contributed by atoms with Gasteiger partial charge in [-0.25, -0.2) is 13.4 Å². The molecule has 0 bridgehead atoms. The van der Waals surface area contributed by atoms with Gasteiger partial charge < -0.3 is 4.90 Å². The standard InChI is InChI=1S/C21H25N3O3S2.ClH/c1-14-6-11-18-19(15(14)2)22-21(28-18)24(13-12-23(3)4)20(25)16-7-9-17(10-8-16)29(5,26)27;/h6-11H,12-13H2,1-5H3;1H. The van der Waals surface area contributed by atoms with Crippen molar-refractivity contribution in [2.24, 2.45) is 0 Å². The number of rotatable bonds is 6. The molecule has 162 valence electrons. The van der Waals surface area contributed by atoms with Crippen LogP contribution in [0.4, 0.5) is 5.13 Å². The molecule has 0 fully saturated rings. The van der Waals surface area contributed by atoms with Crippen molar-refractivity contribution in [2.75, 3.05) is 38.3 Å². The minimum absolute atomic E-state index is 0. The van der Waals surface area contributed by atoms with Crippen molar-refractivity contribution >= 4 is 54.8 Å². The third-order valence-electron chi connectivity index (χ3n) is 4.85. The second-order valence-corrected chi connectivity index (χ2v) is 10.4. The number of anilines is 1. The Morgan fingerprint density at radius 1 is 1.03 bits per heavy atom. The fraction of sp³-hybridized carbons (Fsp3) is 0.333. The normalized spacial score (nSPS) is 11.5. The van der Waals surface area contributed by atoms with Crippen molar-refractivity contribution in [3.05, 3.63) is 53.1 Å². The average molecular weight is 468 g/mol. The highest BCUT2D eigenvalue weighted by Crippen LogP contribution is 2.32. The largest absolute Gasteiger partial charge is 0.308 e. The van der Waals surface area contributed by atoms with Gasteiger partial charge >= 0.3 is 0 Å². The van der Waals surface area contributed by atoms with Gasteiger partial charge in [-0.2, -0.15) is 0 Å². The lowest BCUT2D eigenvalue weighted by atomic mass is 10.1. The van der Waals surface area contributed by atoms with Crippen LogP contribution in [0.15, 0.2) is 41.3 Å². The number of benzene rings is 2. The van der Waals surface area contributed by atoms with Gasteiger partial charge in [-0.05, 0) is 69.4 Å². The number of carbonyl (C=O) groups is 1. The van der Waals surface area contributed by atoms with E-state index in [0.717, 1.165) is 27.6 Å². The lowest BCUT2D eigenvalue weighted by molar-refractivity contribution is 0.0985. The average Bonchev–Trinajstić information content (AvgIpc) is 3.08. The minimum atomic E-state index is -3.31. The molecular formula is C21H26ClN3O3S2. The zero-order valence-corrected chi connectivity index (χ0v) is 20.1. The van der Waals surface area contributed by atoms with E-state index in [-0.39, 0.29) is 23.2 Å². The van der Waals surface area contributed by atoms with Crippen LogP contribution in [0.25, 0.3) is 10.2 Å². The van der Waals surface area contributed by atoms with Crippen LogP contribution >= 0.6 is 23.7 Å². The molecule has 0 unspecified atom stereocenters. The molecule has 1 aromatic heterocycles. The number of fused-ring (bicyclic) bond motifs is 1. The summed E-state index contributed by atoms with van der Waals surface area (Å²) >= 11 is 1.49. The summed E-state index contributed by atoms with van der Waals surface area (Å²) in [4.78, 5) is 21.9. The smallest absolute Gasteiger partial charge is 0.260 e. The molecule has 30 heavy (non-hydrogen) atoms. The molecule has 0 aliphatic carbocycles. The van der Waals surface area contributed by atoms with Gasteiger partial charge in [-0.3, -0.25) is 9.69 Å². The summed E-state index contributed by atoms with van der Waals surface area (Å²) < 4.78 is 24.4. The van der Waals surface area contributed by atoms with E-state index in [2.05, 4.69) is 6.07 Å². The lowest BCUT2D eigenvalue weighted by Gasteiger charge is -2.22. The van der Waals surface area contributed by atoms with E-state index in [4.69, 9.17) is 4.98 Å². The Bertz CT molecular complexity index is 1160.